The Labute approximate surface area is 79.8 Å². The van der Waals surface area contributed by atoms with Crippen LogP contribution in [-0.2, 0) is 9.59 Å². The SMILES string of the molecule is O.O=CC(C=O)[N+](=O)[O-].[H-].[Na+]. The van der Waals surface area contributed by atoms with Crippen molar-refractivity contribution < 1.29 is 51.0 Å². The summed E-state index contributed by atoms with van der Waals surface area (Å²) in [5, 5.41) is 9.50. The Bertz CT molecular complexity index is 123. The summed E-state index contributed by atoms with van der Waals surface area (Å²) in [5.74, 6) is 0. The molecule has 0 amide bonds. The van der Waals surface area contributed by atoms with Crippen LogP contribution in [0.4, 0.5) is 0 Å². The van der Waals surface area contributed by atoms with Gasteiger partial charge < -0.3 is 6.90 Å². The average Bonchev–Trinajstić information content (AvgIpc) is 1.69. The minimum atomic E-state index is -1.69. The second kappa shape index (κ2) is 8.70. The van der Waals surface area contributed by atoms with Gasteiger partial charge >= 0.3 is 35.6 Å². The Morgan fingerprint density at radius 2 is 1.70 bits per heavy atom. The summed E-state index contributed by atoms with van der Waals surface area (Å²) in [6.45, 7) is 0. The van der Waals surface area contributed by atoms with Crippen molar-refractivity contribution in [3.63, 3.8) is 0 Å². The Morgan fingerprint density at radius 3 is 1.70 bits per heavy atom. The van der Waals surface area contributed by atoms with Gasteiger partial charge in [0.15, 0.2) is 0 Å². The molecule has 0 aliphatic rings. The van der Waals surface area contributed by atoms with Gasteiger partial charge in [-0.1, -0.05) is 0 Å². The molecule has 2 N–H and O–H groups in total. The fourth-order valence-corrected chi connectivity index (χ4v) is 0.131. The van der Waals surface area contributed by atoms with E-state index in [0.29, 0.717) is 0 Å². The summed E-state index contributed by atoms with van der Waals surface area (Å²) >= 11 is 0. The monoisotopic (exact) mass is 159 g/mol. The van der Waals surface area contributed by atoms with Gasteiger partial charge in [0.05, 0.1) is 0 Å². The van der Waals surface area contributed by atoms with Crippen LogP contribution in [0.25, 0.3) is 0 Å². The molecule has 0 aliphatic heterocycles. The molecule has 0 heterocycles. The standard InChI is InChI=1S/C3H3NO4.Na.H2O.H/c5-1-3(2-6)4(7)8;;;/h1-3H;;1H2;/q;+1;;-1. The number of nitrogens with zero attached hydrogens (tertiary/aromatic N) is 1. The fraction of sp³-hybridized carbons (Fsp3) is 0.333. The number of carbonyl (C=O) groups is 2. The molecule has 0 aromatic heterocycles. The van der Waals surface area contributed by atoms with E-state index in [9.17, 15) is 19.7 Å². The van der Waals surface area contributed by atoms with Gasteiger partial charge in [0.2, 0.25) is 12.6 Å². The third-order valence-electron chi connectivity index (χ3n) is 0.522. The molecule has 0 atom stereocenters. The summed E-state index contributed by atoms with van der Waals surface area (Å²) in [6, 6.07) is -1.69. The van der Waals surface area contributed by atoms with E-state index < -0.39 is 11.0 Å². The molecule has 10 heavy (non-hydrogen) atoms. The molecule has 0 saturated heterocycles. The number of rotatable bonds is 3. The first-order chi connectivity index (χ1) is 3.72. The van der Waals surface area contributed by atoms with Crippen molar-refractivity contribution in [1.29, 1.82) is 0 Å². The first kappa shape index (κ1) is 16.4. The van der Waals surface area contributed by atoms with Crippen molar-refractivity contribution >= 4 is 12.6 Å². The summed E-state index contributed by atoms with van der Waals surface area (Å²) in [4.78, 5) is 27.6. The van der Waals surface area contributed by atoms with Gasteiger partial charge in [-0.25, -0.2) is 0 Å². The minimum absolute atomic E-state index is 0. The molecule has 0 unspecified atom stereocenters. The van der Waals surface area contributed by atoms with Crippen LogP contribution in [0.15, 0.2) is 0 Å². The fourth-order valence-electron chi connectivity index (χ4n) is 0.131. The number of hydrogen-bond donors (Lipinski definition) is 0. The first-order valence-electron chi connectivity index (χ1n) is 1.76. The van der Waals surface area contributed by atoms with Crippen LogP contribution in [0, 0.1) is 10.1 Å². The molecule has 0 bridgehead atoms. The molecule has 0 radical (unpaired) electrons. The molecule has 54 valence electrons. The Kier molecular flexibility index (Phi) is 14.2. The maximum absolute atomic E-state index is 9.50. The molecule has 0 rings (SSSR count). The Hall–Kier alpha value is -0.300. The smallest absolute Gasteiger partial charge is 1.00 e. The van der Waals surface area contributed by atoms with Crippen molar-refractivity contribution in [2.75, 3.05) is 0 Å². The summed E-state index contributed by atoms with van der Waals surface area (Å²) < 4.78 is 0. The topological polar surface area (TPSA) is 109 Å². The van der Waals surface area contributed by atoms with Gasteiger partial charge in [0, 0.05) is 4.92 Å². The zero-order valence-corrected chi connectivity index (χ0v) is 7.31. The van der Waals surface area contributed by atoms with Crippen LogP contribution in [0.3, 0.4) is 0 Å². The van der Waals surface area contributed by atoms with Gasteiger partial charge in [0.25, 0.3) is 0 Å². The number of nitro groups is 1. The molecule has 0 aromatic rings. The molecule has 6 nitrogen and oxygen atoms in total. The van der Waals surface area contributed by atoms with E-state index in [1.54, 1.807) is 0 Å². The zero-order valence-electron chi connectivity index (χ0n) is 6.31. The maximum atomic E-state index is 9.50. The quantitative estimate of drug-likeness (QED) is 0.135. The maximum Gasteiger partial charge on any atom is 1.00 e. The van der Waals surface area contributed by atoms with Crippen molar-refractivity contribution in [2.45, 2.75) is 6.04 Å². The second-order valence-electron chi connectivity index (χ2n) is 1.05. The van der Waals surface area contributed by atoms with Gasteiger partial charge in [-0.05, 0) is 0 Å². The molecule has 0 aromatic carbocycles. The van der Waals surface area contributed by atoms with E-state index in [-0.39, 0.29) is 49.0 Å². The number of hydrogen-bond acceptors (Lipinski definition) is 4. The predicted octanol–water partition coefficient (Wildman–Crippen LogP) is -4.68. The Balaban J connectivity index is -0.0000000817. The second-order valence-corrected chi connectivity index (χ2v) is 1.05. The molecule has 7 heteroatoms. The predicted molar refractivity (Wildman–Crippen MR) is 27.6 cm³/mol. The molecule has 0 aliphatic carbocycles. The zero-order chi connectivity index (χ0) is 6.57. The molecular formula is C3H6NNaO5. The van der Waals surface area contributed by atoms with Crippen LogP contribution in [0.1, 0.15) is 1.43 Å². The van der Waals surface area contributed by atoms with E-state index in [1.807, 2.05) is 0 Å². The third kappa shape index (κ3) is 5.83. The van der Waals surface area contributed by atoms with Gasteiger partial charge in [0.1, 0.15) is 0 Å². The Morgan fingerprint density at radius 1 is 1.40 bits per heavy atom. The van der Waals surface area contributed by atoms with E-state index in [2.05, 4.69) is 0 Å². The van der Waals surface area contributed by atoms with Gasteiger partial charge in [-0.3, -0.25) is 19.7 Å². The number of carbonyl (C=O) groups excluding carboxylic acids is 2. The van der Waals surface area contributed by atoms with Crippen LogP contribution in [-0.4, -0.2) is 29.0 Å². The summed E-state index contributed by atoms with van der Waals surface area (Å²) in [7, 11) is 0. The van der Waals surface area contributed by atoms with E-state index >= 15 is 0 Å². The number of aldehydes is 2. The van der Waals surface area contributed by atoms with Crippen molar-refractivity contribution in [3.05, 3.63) is 10.1 Å². The summed E-state index contributed by atoms with van der Waals surface area (Å²) in [6.07, 6.45) is -0.0417. The third-order valence-corrected chi connectivity index (χ3v) is 0.522. The van der Waals surface area contributed by atoms with E-state index in [1.165, 1.54) is 0 Å². The average molecular weight is 159 g/mol. The molecule has 0 saturated carbocycles. The van der Waals surface area contributed by atoms with E-state index in [4.69, 9.17) is 0 Å². The summed E-state index contributed by atoms with van der Waals surface area (Å²) in [5.41, 5.74) is 0. The minimum Gasteiger partial charge on any atom is -1.00 e. The normalized spacial score (nSPS) is 6.90. The van der Waals surface area contributed by atoms with Crippen molar-refractivity contribution in [3.8, 4) is 0 Å². The van der Waals surface area contributed by atoms with Crippen molar-refractivity contribution in [1.82, 2.24) is 0 Å². The van der Waals surface area contributed by atoms with Crippen LogP contribution < -0.4 is 29.6 Å². The van der Waals surface area contributed by atoms with Crippen molar-refractivity contribution in [2.24, 2.45) is 0 Å². The van der Waals surface area contributed by atoms with Gasteiger partial charge in [-0.2, -0.15) is 0 Å². The van der Waals surface area contributed by atoms with Crippen LogP contribution >= 0.6 is 0 Å². The van der Waals surface area contributed by atoms with E-state index in [0.717, 1.165) is 0 Å². The first-order valence-corrected chi connectivity index (χ1v) is 1.76. The molecule has 0 spiro atoms. The van der Waals surface area contributed by atoms with Crippen LogP contribution in [0.5, 0.6) is 0 Å². The van der Waals surface area contributed by atoms with Gasteiger partial charge in [-0.15, -0.1) is 0 Å². The molecule has 0 fully saturated rings. The largest absolute Gasteiger partial charge is 1.00 e. The molecular weight excluding hydrogens is 153 g/mol. The van der Waals surface area contributed by atoms with Crippen LogP contribution in [0.2, 0.25) is 0 Å².